The Morgan fingerprint density at radius 3 is 2.57 bits per heavy atom. The molecule has 5 nitrogen and oxygen atoms in total. The molecule has 1 aromatic carbocycles. The molecule has 1 heterocycles. The van der Waals surface area contributed by atoms with Gasteiger partial charge in [0.05, 0.1) is 17.5 Å². The summed E-state index contributed by atoms with van der Waals surface area (Å²) in [5.41, 5.74) is 0.530. The Hall–Kier alpha value is -2.35. The summed E-state index contributed by atoms with van der Waals surface area (Å²) in [6.45, 7) is 2.02. The number of carbonyl (C=O) groups excluding carboxylic acids is 2. The average molecular weight is 284 g/mol. The van der Waals surface area contributed by atoms with Crippen molar-refractivity contribution in [3.8, 4) is 11.8 Å². The number of anilines is 1. The molecule has 1 aliphatic heterocycles. The van der Waals surface area contributed by atoms with Crippen molar-refractivity contribution >= 4 is 17.5 Å². The fourth-order valence-corrected chi connectivity index (χ4v) is 3.36. The average Bonchev–Trinajstić information content (AvgIpc) is 2.96. The van der Waals surface area contributed by atoms with E-state index in [4.69, 9.17) is 10.00 Å². The summed E-state index contributed by atoms with van der Waals surface area (Å²) in [5, 5.41) is 8.53. The quantitative estimate of drug-likeness (QED) is 0.797. The number of fused-ring (bicyclic) bond motifs is 1. The Kier molecular flexibility index (Phi) is 3.38. The second-order valence-corrected chi connectivity index (χ2v) is 5.75. The topological polar surface area (TPSA) is 70.4 Å². The maximum absolute atomic E-state index is 12.5. The van der Waals surface area contributed by atoms with E-state index in [0.717, 1.165) is 12.8 Å². The van der Waals surface area contributed by atoms with Crippen LogP contribution in [0.1, 0.15) is 19.8 Å². The fourth-order valence-electron chi connectivity index (χ4n) is 3.36. The molecule has 0 spiro atoms. The zero-order chi connectivity index (χ0) is 15.0. The maximum Gasteiger partial charge on any atom is 0.237 e. The minimum atomic E-state index is -0.170. The van der Waals surface area contributed by atoms with Crippen LogP contribution in [0, 0.1) is 29.1 Å². The van der Waals surface area contributed by atoms with Crippen LogP contribution in [0.4, 0.5) is 5.69 Å². The zero-order valence-electron chi connectivity index (χ0n) is 11.8. The van der Waals surface area contributed by atoms with E-state index in [9.17, 15) is 9.59 Å². The third-order valence-electron chi connectivity index (χ3n) is 4.25. The Labute approximate surface area is 123 Å². The van der Waals surface area contributed by atoms with Gasteiger partial charge in [0.25, 0.3) is 0 Å². The number of imide groups is 1. The predicted octanol–water partition coefficient (Wildman–Crippen LogP) is 2.12. The van der Waals surface area contributed by atoms with Crippen LogP contribution < -0.4 is 9.64 Å². The number of nitriles is 1. The zero-order valence-corrected chi connectivity index (χ0v) is 11.8. The molecule has 2 unspecified atom stereocenters. The molecule has 0 bridgehead atoms. The van der Waals surface area contributed by atoms with Crippen LogP contribution in [-0.4, -0.2) is 18.4 Å². The van der Waals surface area contributed by atoms with Crippen molar-refractivity contribution in [1.82, 2.24) is 0 Å². The minimum Gasteiger partial charge on any atom is -0.479 e. The molecule has 2 amide bonds. The lowest BCUT2D eigenvalue weighted by Crippen LogP contribution is -2.32. The predicted molar refractivity (Wildman–Crippen MR) is 75.4 cm³/mol. The van der Waals surface area contributed by atoms with Crippen molar-refractivity contribution in [3.63, 3.8) is 0 Å². The molecule has 108 valence electrons. The lowest BCUT2D eigenvalue weighted by atomic mass is 10.00. The third-order valence-corrected chi connectivity index (χ3v) is 4.25. The molecule has 1 saturated carbocycles. The van der Waals surface area contributed by atoms with Gasteiger partial charge in [0.15, 0.2) is 6.61 Å². The molecular weight excluding hydrogens is 268 g/mol. The van der Waals surface area contributed by atoms with Gasteiger partial charge in [0, 0.05) is 6.07 Å². The number of carbonyl (C=O) groups is 2. The van der Waals surface area contributed by atoms with Crippen LogP contribution in [-0.2, 0) is 9.59 Å². The van der Waals surface area contributed by atoms with E-state index in [1.54, 1.807) is 24.3 Å². The van der Waals surface area contributed by atoms with Crippen LogP contribution in [0.25, 0.3) is 0 Å². The highest BCUT2D eigenvalue weighted by Gasteiger charge is 2.52. The molecule has 0 N–H and O–H groups in total. The van der Waals surface area contributed by atoms with Crippen molar-refractivity contribution in [2.45, 2.75) is 19.8 Å². The minimum absolute atomic E-state index is 0.0614. The lowest BCUT2D eigenvalue weighted by Gasteiger charge is -2.17. The molecule has 1 aromatic rings. The number of rotatable bonds is 3. The van der Waals surface area contributed by atoms with E-state index >= 15 is 0 Å². The number of ether oxygens (including phenoxy) is 1. The van der Waals surface area contributed by atoms with Crippen LogP contribution in [0.15, 0.2) is 24.3 Å². The van der Waals surface area contributed by atoms with Gasteiger partial charge in [0.2, 0.25) is 11.8 Å². The molecule has 3 rings (SSSR count). The Morgan fingerprint density at radius 2 is 1.95 bits per heavy atom. The maximum atomic E-state index is 12.5. The van der Waals surface area contributed by atoms with E-state index in [1.165, 1.54) is 4.90 Å². The molecule has 2 aliphatic rings. The van der Waals surface area contributed by atoms with Gasteiger partial charge in [-0.15, -0.1) is 0 Å². The molecule has 0 aromatic heterocycles. The Bertz CT molecular complexity index is 611. The highest BCUT2D eigenvalue weighted by Crippen LogP contribution is 2.44. The normalized spacial score (nSPS) is 27.6. The van der Waals surface area contributed by atoms with E-state index in [2.05, 4.69) is 6.92 Å². The first-order valence-electron chi connectivity index (χ1n) is 7.09. The summed E-state index contributed by atoms with van der Waals surface area (Å²) in [6, 6.07) is 8.67. The summed E-state index contributed by atoms with van der Waals surface area (Å²) in [6.07, 6.45) is 1.58. The van der Waals surface area contributed by atoms with E-state index in [1.807, 2.05) is 6.07 Å². The summed E-state index contributed by atoms with van der Waals surface area (Å²) in [5.74, 6) is 0.367. The first kappa shape index (κ1) is 13.6. The molecule has 1 saturated heterocycles. The molecule has 5 heteroatoms. The van der Waals surface area contributed by atoms with Crippen LogP contribution in [0.5, 0.6) is 5.75 Å². The lowest BCUT2D eigenvalue weighted by molar-refractivity contribution is -0.123. The van der Waals surface area contributed by atoms with Crippen molar-refractivity contribution < 1.29 is 14.3 Å². The van der Waals surface area contributed by atoms with Crippen molar-refractivity contribution in [2.24, 2.45) is 17.8 Å². The van der Waals surface area contributed by atoms with Gasteiger partial charge in [0.1, 0.15) is 11.8 Å². The van der Waals surface area contributed by atoms with Crippen molar-refractivity contribution in [2.75, 3.05) is 11.5 Å². The van der Waals surface area contributed by atoms with Gasteiger partial charge in [-0.3, -0.25) is 9.59 Å². The van der Waals surface area contributed by atoms with E-state index < -0.39 is 0 Å². The molecule has 1 aliphatic carbocycles. The number of hydrogen-bond acceptors (Lipinski definition) is 4. The van der Waals surface area contributed by atoms with Crippen molar-refractivity contribution in [1.29, 1.82) is 5.26 Å². The number of benzene rings is 1. The Morgan fingerprint density at radius 1 is 1.29 bits per heavy atom. The van der Waals surface area contributed by atoms with Crippen LogP contribution >= 0.6 is 0 Å². The molecule has 21 heavy (non-hydrogen) atoms. The number of nitrogens with zero attached hydrogens (tertiary/aromatic N) is 2. The van der Waals surface area contributed by atoms with Gasteiger partial charge in [-0.1, -0.05) is 13.0 Å². The van der Waals surface area contributed by atoms with Gasteiger partial charge in [-0.25, -0.2) is 4.90 Å². The number of hydrogen-bond donors (Lipinski definition) is 0. The summed E-state index contributed by atoms with van der Waals surface area (Å²) in [4.78, 5) is 26.2. The molecule has 2 fully saturated rings. The second-order valence-electron chi connectivity index (χ2n) is 5.75. The van der Waals surface area contributed by atoms with E-state index in [-0.39, 0.29) is 30.3 Å². The van der Waals surface area contributed by atoms with Gasteiger partial charge >= 0.3 is 0 Å². The first-order chi connectivity index (χ1) is 10.1. The van der Waals surface area contributed by atoms with Gasteiger partial charge < -0.3 is 4.74 Å². The summed E-state index contributed by atoms with van der Waals surface area (Å²) in [7, 11) is 0. The second kappa shape index (κ2) is 5.21. The Balaban J connectivity index is 1.86. The highest BCUT2D eigenvalue weighted by molar-refractivity contribution is 6.22. The third kappa shape index (κ3) is 2.27. The van der Waals surface area contributed by atoms with Gasteiger partial charge in [-0.05, 0) is 30.9 Å². The fraction of sp³-hybridized carbons (Fsp3) is 0.438. The van der Waals surface area contributed by atoms with Crippen LogP contribution in [0.3, 0.4) is 0 Å². The van der Waals surface area contributed by atoms with Crippen molar-refractivity contribution in [3.05, 3.63) is 24.3 Å². The van der Waals surface area contributed by atoms with Gasteiger partial charge in [-0.2, -0.15) is 5.26 Å². The summed E-state index contributed by atoms with van der Waals surface area (Å²) < 4.78 is 5.23. The summed E-state index contributed by atoms with van der Waals surface area (Å²) >= 11 is 0. The SMILES string of the molecule is CC1CC2C(=O)N(c3cccc(OCC#N)c3)C(=O)C2C1. The number of amides is 2. The monoisotopic (exact) mass is 284 g/mol. The molecule has 2 atom stereocenters. The highest BCUT2D eigenvalue weighted by atomic mass is 16.5. The molecular formula is C16H16N2O3. The standard InChI is InChI=1S/C16H16N2O3/c1-10-7-13-14(8-10)16(20)18(15(13)19)11-3-2-4-12(9-11)21-6-5-17/h2-4,9-10,13-14H,6-8H2,1H3. The first-order valence-corrected chi connectivity index (χ1v) is 7.09. The smallest absolute Gasteiger partial charge is 0.237 e. The largest absolute Gasteiger partial charge is 0.479 e. The van der Waals surface area contributed by atoms with Crippen LogP contribution in [0.2, 0.25) is 0 Å². The molecule has 0 radical (unpaired) electrons. The van der Waals surface area contributed by atoms with E-state index in [0.29, 0.717) is 17.4 Å².